The fraction of sp³-hybridized carbons (Fsp3) is 0.600. The number of morpholine rings is 1. The van der Waals surface area contributed by atoms with Crippen LogP contribution in [0.4, 0.5) is 14.7 Å². The molecule has 5 rings (SSSR count). The van der Waals surface area contributed by atoms with Crippen LogP contribution in [0.15, 0.2) is 18.2 Å². The number of hydrogen-bond acceptors (Lipinski definition) is 11. The Balaban J connectivity index is 1.46. The minimum Gasteiger partial charge on any atom is -0.494 e. The second kappa shape index (κ2) is 12.3. The molecular formula is C25H34F2N8O5S. The molecule has 13 nitrogen and oxygen atoms in total. The zero-order valence-electron chi connectivity index (χ0n) is 23.2. The van der Waals surface area contributed by atoms with E-state index in [4.69, 9.17) is 14.2 Å². The maximum absolute atomic E-state index is 14.2. The maximum Gasteiger partial charge on any atom is 0.323 e. The van der Waals surface area contributed by atoms with Gasteiger partial charge in [0.1, 0.15) is 17.4 Å². The van der Waals surface area contributed by atoms with E-state index in [1.807, 2.05) is 23.9 Å². The van der Waals surface area contributed by atoms with Gasteiger partial charge in [0.05, 0.1) is 31.6 Å². The van der Waals surface area contributed by atoms with Gasteiger partial charge < -0.3 is 24.0 Å². The summed E-state index contributed by atoms with van der Waals surface area (Å²) in [6.07, 6.45) is -2.42. The van der Waals surface area contributed by atoms with Crippen LogP contribution in [0.2, 0.25) is 0 Å². The van der Waals surface area contributed by atoms with E-state index in [0.29, 0.717) is 70.0 Å². The third kappa shape index (κ3) is 6.50. The minimum absolute atomic E-state index is 0.0321. The third-order valence-corrected chi connectivity index (χ3v) is 8.89. The molecule has 4 heterocycles. The summed E-state index contributed by atoms with van der Waals surface area (Å²) in [5.74, 6) is 0.0508. The van der Waals surface area contributed by atoms with Crippen molar-refractivity contribution in [3.8, 4) is 17.7 Å². The smallest absolute Gasteiger partial charge is 0.323 e. The number of alkyl halides is 2. The molecule has 0 aliphatic carbocycles. The highest BCUT2D eigenvalue weighted by Crippen LogP contribution is 2.32. The molecule has 0 radical (unpaired) electrons. The van der Waals surface area contributed by atoms with E-state index < -0.39 is 22.3 Å². The fourth-order valence-corrected chi connectivity index (χ4v) is 6.43. The zero-order chi connectivity index (χ0) is 29.1. The first kappa shape index (κ1) is 29.3. The van der Waals surface area contributed by atoms with Gasteiger partial charge in [-0.05, 0) is 39.1 Å². The topological polar surface area (TPSA) is 128 Å². The normalized spacial score (nSPS) is 17.6. The van der Waals surface area contributed by atoms with E-state index in [-0.39, 0.29) is 35.3 Å². The molecule has 16 heteroatoms. The van der Waals surface area contributed by atoms with Crippen LogP contribution in [-0.4, -0.2) is 121 Å². The van der Waals surface area contributed by atoms with Gasteiger partial charge in [0.2, 0.25) is 21.9 Å². The summed E-state index contributed by atoms with van der Waals surface area (Å²) in [6, 6.07) is 4.93. The number of methoxy groups -OCH3 is 1. The lowest BCUT2D eigenvalue weighted by Crippen LogP contribution is -2.44. The van der Waals surface area contributed by atoms with Crippen molar-refractivity contribution in [1.29, 1.82) is 0 Å². The van der Waals surface area contributed by atoms with Crippen molar-refractivity contribution >= 4 is 27.0 Å². The Morgan fingerprint density at radius 3 is 2.41 bits per heavy atom. The zero-order valence-corrected chi connectivity index (χ0v) is 24.1. The summed E-state index contributed by atoms with van der Waals surface area (Å²) in [5.41, 5.74) is 0.602. The van der Waals surface area contributed by atoms with Crippen LogP contribution in [0.1, 0.15) is 25.1 Å². The second-order valence-electron chi connectivity index (χ2n) is 10.1. The molecule has 0 N–H and O–H groups in total. The van der Waals surface area contributed by atoms with Gasteiger partial charge in [0.25, 0.3) is 6.43 Å². The number of fused-ring (bicyclic) bond motifs is 1. The fourth-order valence-electron chi connectivity index (χ4n) is 4.81. The first-order valence-corrected chi connectivity index (χ1v) is 15.0. The van der Waals surface area contributed by atoms with Gasteiger partial charge in [-0.15, -0.1) is 0 Å². The Morgan fingerprint density at radius 2 is 1.76 bits per heavy atom. The number of hydrogen-bond donors (Lipinski definition) is 0. The first-order valence-electron chi connectivity index (χ1n) is 13.4. The Hall–Kier alpha value is -3.21. The van der Waals surface area contributed by atoms with Crippen LogP contribution in [-0.2, 0) is 14.8 Å². The van der Waals surface area contributed by atoms with Crippen molar-refractivity contribution in [2.75, 3.05) is 77.8 Å². The highest BCUT2D eigenvalue weighted by molar-refractivity contribution is 7.89. The molecule has 3 aromatic rings. The second-order valence-corrected chi connectivity index (χ2v) is 12.2. The average molecular weight is 597 g/mol. The van der Waals surface area contributed by atoms with Gasteiger partial charge in [0.15, 0.2) is 5.82 Å². The van der Waals surface area contributed by atoms with Crippen molar-refractivity contribution in [2.45, 2.75) is 25.4 Å². The highest BCUT2D eigenvalue weighted by Gasteiger charge is 2.31. The van der Waals surface area contributed by atoms with Crippen molar-refractivity contribution < 1.29 is 31.4 Å². The average Bonchev–Trinajstić information content (AvgIpc) is 3.37. The van der Waals surface area contributed by atoms with E-state index in [0.717, 1.165) is 0 Å². The van der Waals surface area contributed by atoms with Gasteiger partial charge in [0, 0.05) is 32.7 Å². The SMILES string of the molecule is COc1cccc2c1nc(C(F)F)n2-c1nc(OC2CCN(S(=O)(=O)CCN(C)C)CC2)nc(N2CCOCC2)n1. The number of para-hydroxylation sites is 1. The number of halogens is 2. The number of nitrogens with zero attached hydrogens (tertiary/aromatic N) is 8. The molecule has 0 saturated carbocycles. The highest BCUT2D eigenvalue weighted by atomic mass is 32.2. The molecule has 2 aliphatic heterocycles. The van der Waals surface area contributed by atoms with Crippen LogP contribution in [0.25, 0.3) is 17.0 Å². The largest absolute Gasteiger partial charge is 0.494 e. The minimum atomic E-state index is -3.39. The molecule has 224 valence electrons. The lowest BCUT2D eigenvalue weighted by Gasteiger charge is -2.31. The molecule has 2 aromatic heterocycles. The molecule has 0 atom stereocenters. The van der Waals surface area contributed by atoms with E-state index in [2.05, 4.69) is 19.9 Å². The van der Waals surface area contributed by atoms with Gasteiger partial charge in [-0.25, -0.2) is 26.5 Å². The summed E-state index contributed by atoms with van der Waals surface area (Å²) >= 11 is 0. The van der Waals surface area contributed by atoms with E-state index in [1.54, 1.807) is 18.2 Å². The number of piperidine rings is 1. The Morgan fingerprint density at radius 1 is 1.05 bits per heavy atom. The van der Waals surface area contributed by atoms with E-state index >= 15 is 0 Å². The van der Waals surface area contributed by atoms with Gasteiger partial charge in [-0.2, -0.15) is 15.0 Å². The van der Waals surface area contributed by atoms with Crippen LogP contribution >= 0.6 is 0 Å². The molecule has 0 spiro atoms. The predicted molar refractivity (Wildman–Crippen MR) is 147 cm³/mol. The van der Waals surface area contributed by atoms with Gasteiger partial charge in [-0.3, -0.25) is 4.57 Å². The van der Waals surface area contributed by atoms with Gasteiger partial charge in [-0.1, -0.05) is 6.07 Å². The monoisotopic (exact) mass is 596 g/mol. The number of imidazole rings is 1. The summed E-state index contributed by atoms with van der Waals surface area (Å²) < 4.78 is 73.5. The first-order chi connectivity index (χ1) is 19.7. The molecule has 1 aromatic carbocycles. The summed E-state index contributed by atoms with van der Waals surface area (Å²) in [5, 5.41) is 0. The molecule has 0 bridgehead atoms. The van der Waals surface area contributed by atoms with Crippen molar-refractivity contribution in [1.82, 2.24) is 33.7 Å². The third-order valence-electron chi connectivity index (χ3n) is 7.04. The standard InChI is InChI=1S/C25H34F2N8O5S/c1-32(2)13-16-41(36,37)34-9-7-17(8-10-34)40-25-30-23(33-11-14-39-15-12-33)29-24(31-25)35-18-5-4-6-19(38-3)20(18)28-22(35)21(26)27/h4-6,17,21H,7-16H2,1-3H3. The Kier molecular flexibility index (Phi) is 8.82. The van der Waals surface area contributed by atoms with Crippen LogP contribution in [0.3, 0.4) is 0 Å². The van der Waals surface area contributed by atoms with E-state index in [1.165, 1.54) is 16.0 Å². The quantitative estimate of drug-likeness (QED) is 0.339. The van der Waals surface area contributed by atoms with Crippen LogP contribution in [0.5, 0.6) is 11.8 Å². The number of aromatic nitrogens is 5. The number of sulfonamides is 1. The molecule has 2 fully saturated rings. The maximum atomic E-state index is 14.2. The molecule has 2 saturated heterocycles. The number of benzene rings is 1. The van der Waals surface area contributed by atoms with Gasteiger partial charge >= 0.3 is 6.01 Å². The van der Waals surface area contributed by atoms with Crippen molar-refractivity contribution in [2.24, 2.45) is 0 Å². The van der Waals surface area contributed by atoms with Crippen LogP contribution < -0.4 is 14.4 Å². The van der Waals surface area contributed by atoms with Crippen LogP contribution in [0, 0.1) is 0 Å². The molecule has 41 heavy (non-hydrogen) atoms. The van der Waals surface area contributed by atoms with Crippen molar-refractivity contribution in [3.63, 3.8) is 0 Å². The lowest BCUT2D eigenvalue weighted by molar-refractivity contribution is 0.118. The number of anilines is 1. The molecule has 0 unspecified atom stereocenters. The number of rotatable bonds is 10. The molecule has 2 aliphatic rings. The number of ether oxygens (including phenoxy) is 3. The summed E-state index contributed by atoms with van der Waals surface area (Å²) in [6.45, 7) is 2.98. The summed E-state index contributed by atoms with van der Waals surface area (Å²) in [4.78, 5) is 21.4. The Labute approximate surface area is 237 Å². The Bertz CT molecular complexity index is 1460. The predicted octanol–water partition coefficient (Wildman–Crippen LogP) is 1.73. The van der Waals surface area contributed by atoms with Crippen molar-refractivity contribution in [3.05, 3.63) is 24.0 Å². The molecule has 0 amide bonds. The van der Waals surface area contributed by atoms with E-state index in [9.17, 15) is 17.2 Å². The lowest BCUT2D eigenvalue weighted by atomic mass is 10.1. The summed E-state index contributed by atoms with van der Waals surface area (Å²) in [7, 11) is 1.72. The molecular weight excluding hydrogens is 562 g/mol.